The number of allylic oxidation sites excluding steroid dienone is 2. The highest BCUT2D eigenvalue weighted by Crippen LogP contribution is 2.67. The predicted octanol–water partition coefficient (Wildman–Crippen LogP) is 3.27. The molecule has 7 heteroatoms. The number of rotatable bonds is 5. The number of fused-ring (bicyclic) bond motifs is 5. The van der Waals surface area contributed by atoms with Crippen LogP contribution in [0.25, 0.3) is 0 Å². The van der Waals surface area contributed by atoms with E-state index >= 15 is 0 Å². The molecule has 4 aliphatic rings. The van der Waals surface area contributed by atoms with Crippen LogP contribution in [0.3, 0.4) is 0 Å². The normalized spacial score (nSPS) is 42.8. The number of oxime groups is 1. The molecular formula is C24H36N2O5. The van der Waals surface area contributed by atoms with E-state index in [0.717, 1.165) is 44.2 Å². The first-order valence-electron chi connectivity index (χ1n) is 11.7. The fourth-order valence-corrected chi connectivity index (χ4v) is 7.29. The highest BCUT2D eigenvalue weighted by molar-refractivity contribution is 5.96. The number of carboxylic acid groups (broad SMARTS) is 1. The Bertz CT molecular complexity index is 819. The third kappa shape index (κ3) is 3.79. The van der Waals surface area contributed by atoms with Crippen LogP contribution >= 0.6 is 0 Å². The van der Waals surface area contributed by atoms with Crippen LogP contribution in [0.5, 0.6) is 0 Å². The lowest BCUT2D eigenvalue weighted by atomic mass is 9.46. The maximum atomic E-state index is 11.6. The van der Waals surface area contributed by atoms with Crippen LogP contribution < -0.4 is 5.32 Å². The first-order valence-corrected chi connectivity index (χ1v) is 11.7. The summed E-state index contributed by atoms with van der Waals surface area (Å²) in [6.45, 7) is 6.10. The molecule has 31 heavy (non-hydrogen) atoms. The molecule has 0 aromatic heterocycles. The summed E-state index contributed by atoms with van der Waals surface area (Å²) in [7, 11) is 0. The summed E-state index contributed by atoms with van der Waals surface area (Å²) in [5.41, 5.74) is 1.99. The van der Waals surface area contributed by atoms with E-state index in [9.17, 15) is 14.7 Å². The molecule has 0 heterocycles. The van der Waals surface area contributed by atoms with Crippen molar-refractivity contribution in [2.24, 2.45) is 33.7 Å². The number of nitrogens with one attached hydrogen (secondary N) is 1. The number of nitrogens with zero attached hydrogens (tertiary/aromatic N) is 1. The molecule has 172 valence electrons. The SMILES string of the molecule is C[C@]12CC/C(=N/OCC(=O)NCC(=O)O)C=C1CC[C@@H]1[C@H]2CC[C@@]2(C)[C@H]1CC[C@]2(C)O. The Morgan fingerprint density at radius 2 is 1.87 bits per heavy atom. The van der Waals surface area contributed by atoms with Gasteiger partial charge in [0.15, 0.2) is 6.61 Å². The van der Waals surface area contributed by atoms with Gasteiger partial charge in [-0.15, -0.1) is 0 Å². The summed E-state index contributed by atoms with van der Waals surface area (Å²) >= 11 is 0. The van der Waals surface area contributed by atoms with Gasteiger partial charge in [0.1, 0.15) is 6.54 Å². The molecule has 0 bridgehead atoms. The van der Waals surface area contributed by atoms with Gasteiger partial charge in [0.25, 0.3) is 5.91 Å². The van der Waals surface area contributed by atoms with Crippen molar-refractivity contribution in [3.8, 4) is 0 Å². The number of amides is 1. The molecule has 0 radical (unpaired) electrons. The Balaban J connectivity index is 1.43. The van der Waals surface area contributed by atoms with Crippen LogP contribution in [0.4, 0.5) is 0 Å². The second-order valence-corrected chi connectivity index (χ2v) is 10.8. The zero-order chi connectivity index (χ0) is 22.4. The molecule has 0 aromatic rings. The van der Waals surface area contributed by atoms with Crippen LogP contribution in [0.2, 0.25) is 0 Å². The van der Waals surface area contributed by atoms with E-state index in [2.05, 4.69) is 37.3 Å². The summed E-state index contributed by atoms with van der Waals surface area (Å²) in [5, 5.41) is 26.1. The number of carbonyl (C=O) groups is 2. The number of hydrogen-bond acceptors (Lipinski definition) is 5. The highest BCUT2D eigenvalue weighted by atomic mass is 16.6. The molecular weight excluding hydrogens is 396 g/mol. The first kappa shape index (κ1) is 22.3. The molecule has 4 rings (SSSR count). The van der Waals surface area contributed by atoms with Crippen LogP contribution in [-0.2, 0) is 14.4 Å². The van der Waals surface area contributed by atoms with Crippen LogP contribution in [0.15, 0.2) is 16.8 Å². The van der Waals surface area contributed by atoms with Gasteiger partial charge in [-0.05, 0) is 93.0 Å². The Hall–Kier alpha value is -1.89. The second kappa shape index (κ2) is 7.91. The van der Waals surface area contributed by atoms with Crippen LogP contribution in [0, 0.1) is 28.6 Å². The van der Waals surface area contributed by atoms with Crippen LogP contribution in [0.1, 0.15) is 72.1 Å². The van der Waals surface area contributed by atoms with Gasteiger partial charge in [-0.2, -0.15) is 0 Å². The molecule has 0 aliphatic heterocycles. The van der Waals surface area contributed by atoms with Gasteiger partial charge in [-0.25, -0.2) is 0 Å². The molecule has 0 saturated heterocycles. The molecule has 0 aromatic carbocycles. The molecule has 3 N–H and O–H groups in total. The van der Waals surface area contributed by atoms with E-state index < -0.39 is 24.0 Å². The van der Waals surface area contributed by atoms with E-state index in [4.69, 9.17) is 9.94 Å². The second-order valence-electron chi connectivity index (χ2n) is 10.8. The number of hydrogen-bond donors (Lipinski definition) is 3. The maximum absolute atomic E-state index is 11.6. The molecule has 0 spiro atoms. The lowest BCUT2D eigenvalue weighted by Gasteiger charge is -2.59. The minimum absolute atomic E-state index is 0.0437. The van der Waals surface area contributed by atoms with Gasteiger partial charge in [0.2, 0.25) is 0 Å². The molecule has 4 aliphatic carbocycles. The molecule has 3 fully saturated rings. The number of aliphatic hydroxyl groups is 1. The molecule has 7 nitrogen and oxygen atoms in total. The summed E-state index contributed by atoms with van der Waals surface area (Å²) in [6.07, 6.45) is 10.6. The van der Waals surface area contributed by atoms with Crippen molar-refractivity contribution in [3.05, 3.63) is 11.6 Å². The number of aliphatic carboxylic acids is 1. The van der Waals surface area contributed by atoms with Gasteiger partial charge in [-0.3, -0.25) is 9.59 Å². The number of carbonyl (C=O) groups excluding carboxylic acids is 1. The highest BCUT2D eigenvalue weighted by Gasteiger charge is 2.62. The van der Waals surface area contributed by atoms with Crippen molar-refractivity contribution in [2.45, 2.75) is 77.7 Å². The summed E-state index contributed by atoms with van der Waals surface area (Å²) in [6, 6.07) is 0. The lowest BCUT2D eigenvalue weighted by Crippen LogP contribution is -2.53. The standard InChI is InChI=1S/C24H36N2O5/c1-22-9-6-16(26-31-14-20(27)25-13-21(28)29)12-15(22)4-5-17-18(22)7-10-23(2)19(17)8-11-24(23,3)30/h12,17-19,30H,4-11,13-14H2,1-3H3,(H,25,27)(H,28,29)/b26-16-/t17-,18-,19+,22+,23+,24+/m1/s1. The lowest BCUT2D eigenvalue weighted by molar-refractivity contribution is -0.138. The average Bonchev–Trinajstić information content (AvgIpc) is 2.96. The molecule has 0 unspecified atom stereocenters. The Kier molecular flexibility index (Phi) is 5.69. The van der Waals surface area contributed by atoms with Crippen molar-refractivity contribution < 1.29 is 24.6 Å². The van der Waals surface area contributed by atoms with E-state index in [1.807, 2.05) is 0 Å². The van der Waals surface area contributed by atoms with Gasteiger partial charge >= 0.3 is 5.97 Å². The summed E-state index contributed by atoms with van der Waals surface area (Å²) < 4.78 is 0. The van der Waals surface area contributed by atoms with Gasteiger partial charge in [-0.1, -0.05) is 24.6 Å². The maximum Gasteiger partial charge on any atom is 0.322 e. The van der Waals surface area contributed by atoms with Crippen molar-refractivity contribution in [3.63, 3.8) is 0 Å². The first-order chi connectivity index (χ1) is 14.6. The van der Waals surface area contributed by atoms with Crippen molar-refractivity contribution >= 4 is 17.6 Å². The summed E-state index contributed by atoms with van der Waals surface area (Å²) in [4.78, 5) is 27.3. The van der Waals surface area contributed by atoms with Gasteiger partial charge in [0, 0.05) is 0 Å². The number of carboxylic acids is 1. The van der Waals surface area contributed by atoms with Crippen LogP contribution in [-0.4, -0.2) is 46.6 Å². The van der Waals surface area contributed by atoms with Gasteiger partial charge in [0.05, 0.1) is 11.3 Å². The Morgan fingerprint density at radius 1 is 1.13 bits per heavy atom. The quantitative estimate of drug-likeness (QED) is 0.578. The average molecular weight is 433 g/mol. The summed E-state index contributed by atoms with van der Waals surface area (Å²) in [5.74, 6) is 0.377. The molecule has 3 saturated carbocycles. The topological polar surface area (TPSA) is 108 Å². The Labute approximate surface area is 184 Å². The fraction of sp³-hybridized carbons (Fsp3) is 0.792. The van der Waals surface area contributed by atoms with E-state index in [1.54, 1.807) is 0 Å². The zero-order valence-electron chi connectivity index (χ0n) is 18.9. The molecule has 1 amide bonds. The fourth-order valence-electron chi connectivity index (χ4n) is 7.29. The van der Waals surface area contributed by atoms with Gasteiger partial charge < -0.3 is 20.4 Å². The minimum atomic E-state index is -1.09. The largest absolute Gasteiger partial charge is 0.480 e. The van der Waals surface area contributed by atoms with E-state index in [-0.39, 0.29) is 17.4 Å². The van der Waals surface area contributed by atoms with Crippen molar-refractivity contribution in [2.75, 3.05) is 13.2 Å². The monoisotopic (exact) mass is 432 g/mol. The van der Waals surface area contributed by atoms with E-state index in [0.29, 0.717) is 17.8 Å². The molecule has 6 atom stereocenters. The minimum Gasteiger partial charge on any atom is -0.480 e. The van der Waals surface area contributed by atoms with E-state index in [1.165, 1.54) is 18.4 Å². The van der Waals surface area contributed by atoms with Crippen molar-refractivity contribution in [1.82, 2.24) is 5.32 Å². The zero-order valence-corrected chi connectivity index (χ0v) is 18.9. The Morgan fingerprint density at radius 3 is 2.61 bits per heavy atom. The predicted molar refractivity (Wildman–Crippen MR) is 116 cm³/mol. The third-order valence-electron chi connectivity index (χ3n) is 9.35. The smallest absolute Gasteiger partial charge is 0.322 e. The third-order valence-corrected chi connectivity index (χ3v) is 9.35. The van der Waals surface area contributed by atoms with Crippen molar-refractivity contribution in [1.29, 1.82) is 0 Å².